The molecule has 0 aliphatic heterocycles. The molecule has 2 rings (SSSR count). The van der Waals surface area contributed by atoms with E-state index in [4.69, 9.17) is 11.2 Å². The molecule has 2 aromatic rings. The number of rotatable bonds is 1. The first-order valence-corrected chi connectivity index (χ1v) is 3.46. The lowest BCUT2D eigenvalue weighted by Crippen LogP contribution is -1.80. The predicted molar refractivity (Wildman–Crippen MR) is 45.6 cm³/mol. The Balaban J connectivity index is 2.54. The van der Waals surface area contributed by atoms with Crippen molar-refractivity contribution in [3.63, 3.8) is 0 Å². The maximum absolute atomic E-state index is 4.98. The number of hydrogen-bond donors (Lipinski definition) is 1. The number of H-pyrrole nitrogens is 1. The van der Waals surface area contributed by atoms with E-state index in [0.29, 0.717) is 5.75 Å². The molecule has 1 heterocycles. The van der Waals surface area contributed by atoms with Crippen molar-refractivity contribution in [2.75, 3.05) is 0 Å². The quantitative estimate of drug-likeness (QED) is 0.639. The first-order chi connectivity index (χ1) is 5.90. The summed E-state index contributed by atoms with van der Waals surface area (Å²) in [6, 6.07) is 5.51. The van der Waals surface area contributed by atoms with Crippen LogP contribution in [0.2, 0.25) is 0 Å². The number of benzene rings is 1. The highest BCUT2D eigenvalue weighted by Crippen LogP contribution is 2.17. The first kappa shape index (κ1) is 6.74. The lowest BCUT2D eigenvalue weighted by molar-refractivity contribution is 0.521. The van der Waals surface area contributed by atoms with Gasteiger partial charge in [0.05, 0.1) is 11.7 Å². The van der Waals surface area contributed by atoms with Crippen LogP contribution in [0.3, 0.4) is 0 Å². The topological polar surface area (TPSA) is 37.9 Å². The Morgan fingerprint density at radius 3 is 3.25 bits per heavy atom. The van der Waals surface area contributed by atoms with Gasteiger partial charge in [0.1, 0.15) is 11.9 Å². The van der Waals surface area contributed by atoms with Gasteiger partial charge < -0.3 is 4.74 Å². The third-order valence-electron chi connectivity index (χ3n) is 1.59. The van der Waals surface area contributed by atoms with Crippen molar-refractivity contribution in [3.05, 3.63) is 24.4 Å². The maximum atomic E-state index is 4.98. The molecule has 0 saturated heterocycles. The number of ether oxygens (including phenoxy) is 1. The minimum atomic E-state index is 0.647. The standard InChI is InChI=1S/C9H6N2O/c1-2-12-8-4-3-7-6-10-11-9(7)5-8/h1,3-6H,(H,10,11). The monoisotopic (exact) mass is 158 g/mol. The molecule has 0 unspecified atom stereocenters. The summed E-state index contributed by atoms with van der Waals surface area (Å²) in [5, 5.41) is 7.73. The van der Waals surface area contributed by atoms with Crippen LogP contribution in [0.5, 0.6) is 5.75 Å². The fourth-order valence-corrected chi connectivity index (χ4v) is 1.05. The molecule has 0 aliphatic carbocycles. The average Bonchev–Trinajstić information content (AvgIpc) is 2.51. The number of hydrogen-bond acceptors (Lipinski definition) is 2. The normalized spacial score (nSPS) is 9.58. The third-order valence-corrected chi connectivity index (χ3v) is 1.59. The molecule has 1 aromatic carbocycles. The molecule has 0 amide bonds. The van der Waals surface area contributed by atoms with Gasteiger partial charge in [0.2, 0.25) is 0 Å². The average molecular weight is 158 g/mol. The summed E-state index contributed by atoms with van der Waals surface area (Å²) < 4.78 is 4.86. The molecule has 12 heavy (non-hydrogen) atoms. The largest absolute Gasteiger partial charge is 0.408 e. The SMILES string of the molecule is C#COc1ccc2cn[nH]c2c1. The van der Waals surface area contributed by atoms with E-state index < -0.39 is 0 Å². The molecular formula is C9H6N2O. The van der Waals surface area contributed by atoms with E-state index in [9.17, 15) is 0 Å². The van der Waals surface area contributed by atoms with Crippen LogP contribution in [0.4, 0.5) is 0 Å². The second-order valence-corrected chi connectivity index (χ2v) is 2.34. The number of fused-ring (bicyclic) bond motifs is 1. The molecule has 0 saturated carbocycles. The van der Waals surface area contributed by atoms with Crippen LogP contribution in [-0.4, -0.2) is 10.2 Å². The highest BCUT2D eigenvalue weighted by atomic mass is 16.5. The molecule has 3 heteroatoms. The van der Waals surface area contributed by atoms with E-state index in [-0.39, 0.29) is 0 Å². The summed E-state index contributed by atoms with van der Waals surface area (Å²) in [6.45, 7) is 0. The lowest BCUT2D eigenvalue weighted by Gasteiger charge is -1.95. The van der Waals surface area contributed by atoms with Gasteiger partial charge in [0, 0.05) is 11.5 Å². The van der Waals surface area contributed by atoms with Crippen LogP contribution in [0, 0.1) is 12.5 Å². The van der Waals surface area contributed by atoms with E-state index in [1.807, 2.05) is 12.1 Å². The number of nitrogens with zero attached hydrogens (tertiary/aromatic N) is 1. The molecule has 0 atom stereocenters. The van der Waals surface area contributed by atoms with Gasteiger partial charge in [-0.2, -0.15) is 5.10 Å². The molecule has 3 nitrogen and oxygen atoms in total. The van der Waals surface area contributed by atoms with E-state index in [2.05, 4.69) is 16.3 Å². The minimum Gasteiger partial charge on any atom is -0.408 e. The van der Waals surface area contributed by atoms with Crippen LogP contribution >= 0.6 is 0 Å². The Morgan fingerprint density at radius 2 is 2.42 bits per heavy atom. The molecule has 0 radical (unpaired) electrons. The van der Waals surface area contributed by atoms with Crippen molar-refractivity contribution >= 4 is 10.9 Å². The maximum Gasteiger partial charge on any atom is 0.142 e. The molecule has 0 aliphatic rings. The van der Waals surface area contributed by atoms with E-state index in [1.165, 1.54) is 0 Å². The van der Waals surface area contributed by atoms with Crippen LogP contribution in [-0.2, 0) is 0 Å². The van der Waals surface area contributed by atoms with Crippen molar-refractivity contribution in [1.29, 1.82) is 0 Å². The Bertz CT molecular complexity index is 439. The van der Waals surface area contributed by atoms with Gasteiger partial charge in [0.15, 0.2) is 0 Å². The van der Waals surface area contributed by atoms with Crippen LogP contribution in [0.1, 0.15) is 0 Å². The van der Waals surface area contributed by atoms with Gasteiger partial charge in [-0.1, -0.05) is 6.42 Å². The zero-order valence-electron chi connectivity index (χ0n) is 6.24. The summed E-state index contributed by atoms with van der Waals surface area (Å²) in [5.41, 5.74) is 0.919. The van der Waals surface area contributed by atoms with Gasteiger partial charge >= 0.3 is 0 Å². The summed E-state index contributed by atoms with van der Waals surface area (Å²) in [4.78, 5) is 0. The Kier molecular flexibility index (Phi) is 1.45. The van der Waals surface area contributed by atoms with Crippen molar-refractivity contribution in [1.82, 2.24) is 10.2 Å². The van der Waals surface area contributed by atoms with Crippen molar-refractivity contribution in [3.8, 4) is 18.3 Å². The second kappa shape index (κ2) is 2.59. The fraction of sp³-hybridized carbons (Fsp3) is 0. The van der Waals surface area contributed by atoms with Gasteiger partial charge in [-0.05, 0) is 12.1 Å². The molecular weight excluding hydrogens is 152 g/mol. The van der Waals surface area contributed by atoms with E-state index in [0.717, 1.165) is 10.9 Å². The number of aromatic amines is 1. The Labute approximate surface area is 69.4 Å². The van der Waals surface area contributed by atoms with Crippen LogP contribution in [0.25, 0.3) is 10.9 Å². The molecule has 1 aromatic heterocycles. The van der Waals surface area contributed by atoms with E-state index in [1.54, 1.807) is 12.3 Å². The van der Waals surface area contributed by atoms with Crippen molar-refractivity contribution < 1.29 is 4.74 Å². The number of nitrogens with one attached hydrogen (secondary N) is 1. The summed E-state index contributed by atoms with van der Waals surface area (Å²) >= 11 is 0. The molecule has 0 bridgehead atoms. The van der Waals surface area contributed by atoms with Crippen LogP contribution < -0.4 is 4.74 Å². The smallest absolute Gasteiger partial charge is 0.142 e. The van der Waals surface area contributed by atoms with Crippen molar-refractivity contribution in [2.45, 2.75) is 0 Å². The van der Waals surface area contributed by atoms with Crippen molar-refractivity contribution in [2.24, 2.45) is 0 Å². The number of terminal acetylenes is 1. The minimum absolute atomic E-state index is 0.647. The fourth-order valence-electron chi connectivity index (χ4n) is 1.05. The van der Waals surface area contributed by atoms with Gasteiger partial charge in [-0.15, -0.1) is 0 Å². The summed E-state index contributed by atoms with van der Waals surface area (Å²) in [6.07, 6.45) is 8.83. The van der Waals surface area contributed by atoms with Gasteiger partial charge in [-0.3, -0.25) is 5.10 Å². The van der Waals surface area contributed by atoms with Crippen LogP contribution in [0.15, 0.2) is 24.4 Å². The lowest BCUT2D eigenvalue weighted by atomic mass is 10.2. The first-order valence-electron chi connectivity index (χ1n) is 3.46. The summed E-state index contributed by atoms with van der Waals surface area (Å²) in [7, 11) is 0. The van der Waals surface area contributed by atoms with Gasteiger partial charge in [-0.25, -0.2) is 0 Å². The zero-order chi connectivity index (χ0) is 8.39. The molecule has 0 fully saturated rings. The Hall–Kier alpha value is -1.95. The van der Waals surface area contributed by atoms with Gasteiger partial charge in [0.25, 0.3) is 0 Å². The Morgan fingerprint density at radius 1 is 1.50 bits per heavy atom. The molecule has 1 N–H and O–H groups in total. The summed E-state index contributed by atoms with van der Waals surface area (Å²) in [5.74, 6) is 0.647. The highest BCUT2D eigenvalue weighted by Gasteiger charge is 1.96. The number of aromatic nitrogens is 2. The molecule has 58 valence electrons. The highest BCUT2D eigenvalue weighted by molar-refractivity contribution is 5.79. The second-order valence-electron chi connectivity index (χ2n) is 2.34. The third kappa shape index (κ3) is 0.995. The van der Waals surface area contributed by atoms with E-state index >= 15 is 0 Å². The molecule has 0 spiro atoms. The predicted octanol–water partition coefficient (Wildman–Crippen LogP) is 1.53. The zero-order valence-corrected chi connectivity index (χ0v) is 6.24.